The number of hydrogen-bond donors (Lipinski definition) is 0. The SMILES string of the molecule is Cc1ccc(N2CC(S(=O)(=O)c3ccccc3)=C(c3ccc(C#N)cc3)C(CBr)C2)cc1. The van der Waals surface area contributed by atoms with E-state index in [0.717, 1.165) is 22.4 Å². The van der Waals surface area contributed by atoms with Gasteiger partial charge in [-0.3, -0.25) is 0 Å². The predicted octanol–water partition coefficient (Wildman–Crippen LogP) is 5.58. The van der Waals surface area contributed by atoms with Gasteiger partial charge in [0.05, 0.1) is 28.0 Å². The first kappa shape index (κ1) is 22.3. The third-order valence-corrected chi connectivity index (χ3v) is 8.44. The molecule has 0 amide bonds. The van der Waals surface area contributed by atoms with Crippen LogP contribution in [-0.4, -0.2) is 26.8 Å². The fraction of sp³-hybridized carbons (Fsp3) is 0.192. The van der Waals surface area contributed by atoms with E-state index in [9.17, 15) is 13.7 Å². The van der Waals surface area contributed by atoms with Gasteiger partial charge in [-0.05, 0) is 54.5 Å². The first-order chi connectivity index (χ1) is 15.4. The number of alkyl halides is 1. The molecule has 0 spiro atoms. The fourth-order valence-corrected chi connectivity index (χ4v) is 6.31. The minimum absolute atomic E-state index is 0.0357. The highest BCUT2D eigenvalue weighted by molar-refractivity contribution is 9.09. The van der Waals surface area contributed by atoms with E-state index in [2.05, 4.69) is 26.9 Å². The highest BCUT2D eigenvalue weighted by Crippen LogP contribution is 2.39. The van der Waals surface area contributed by atoms with Crippen molar-refractivity contribution in [2.24, 2.45) is 5.92 Å². The molecular formula is C26H23BrN2O2S. The summed E-state index contributed by atoms with van der Waals surface area (Å²) in [7, 11) is -3.72. The summed E-state index contributed by atoms with van der Waals surface area (Å²) < 4.78 is 27.7. The van der Waals surface area contributed by atoms with E-state index in [1.807, 2.05) is 49.4 Å². The van der Waals surface area contributed by atoms with Gasteiger partial charge in [-0.1, -0.05) is 64.0 Å². The predicted molar refractivity (Wildman–Crippen MR) is 132 cm³/mol. The van der Waals surface area contributed by atoms with Gasteiger partial charge in [0, 0.05) is 23.5 Å². The second-order valence-electron chi connectivity index (χ2n) is 7.91. The Morgan fingerprint density at radius 2 is 1.66 bits per heavy atom. The lowest BCUT2D eigenvalue weighted by Gasteiger charge is -2.37. The molecule has 1 atom stereocenters. The zero-order chi connectivity index (χ0) is 22.7. The number of nitrogens with zero attached hydrogens (tertiary/aromatic N) is 2. The Morgan fingerprint density at radius 3 is 2.25 bits per heavy atom. The maximum absolute atomic E-state index is 13.8. The lowest BCUT2D eigenvalue weighted by molar-refractivity contribution is 0.596. The molecule has 0 radical (unpaired) electrons. The molecule has 0 N–H and O–H groups in total. The Balaban J connectivity index is 1.90. The molecule has 0 bridgehead atoms. The summed E-state index contributed by atoms with van der Waals surface area (Å²) in [4.78, 5) is 2.83. The monoisotopic (exact) mass is 506 g/mol. The summed E-state index contributed by atoms with van der Waals surface area (Å²) in [5, 5.41) is 9.80. The van der Waals surface area contributed by atoms with Crippen LogP contribution in [-0.2, 0) is 9.84 Å². The van der Waals surface area contributed by atoms with Crippen molar-refractivity contribution in [3.05, 3.63) is 100 Å². The molecule has 0 saturated carbocycles. The molecule has 6 heteroatoms. The molecule has 32 heavy (non-hydrogen) atoms. The van der Waals surface area contributed by atoms with Crippen LogP contribution in [0.4, 0.5) is 5.69 Å². The van der Waals surface area contributed by atoms with Crippen molar-refractivity contribution in [3.8, 4) is 6.07 Å². The lowest BCUT2D eigenvalue weighted by Crippen LogP contribution is -2.39. The summed E-state index contributed by atoms with van der Waals surface area (Å²) in [6, 6.07) is 26.1. The van der Waals surface area contributed by atoms with E-state index >= 15 is 0 Å². The van der Waals surface area contributed by atoms with E-state index < -0.39 is 9.84 Å². The lowest BCUT2D eigenvalue weighted by atomic mass is 9.89. The van der Waals surface area contributed by atoms with Gasteiger partial charge in [0.2, 0.25) is 9.84 Å². The normalized spacial score (nSPS) is 16.7. The van der Waals surface area contributed by atoms with Gasteiger partial charge in [0.25, 0.3) is 0 Å². The van der Waals surface area contributed by atoms with E-state index in [1.54, 1.807) is 36.4 Å². The number of benzene rings is 3. The average Bonchev–Trinajstić information content (AvgIpc) is 2.84. The summed E-state index contributed by atoms with van der Waals surface area (Å²) in [5.74, 6) is -0.0357. The van der Waals surface area contributed by atoms with Crippen LogP contribution in [0.5, 0.6) is 0 Å². The Kier molecular flexibility index (Phi) is 6.50. The Bertz CT molecular complexity index is 1280. The maximum atomic E-state index is 13.8. The molecule has 0 fully saturated rings. The molecule has 0 aliphatic carbocycles. The molecule has 1 heterocycles. The molecule has 1 aliphatic heterocycles. The number of sulfone groups is 1. The van der Waals surface area contributed by atoms with Crippen molar-refractivity contribution in [2.45, 2.75) is 11.8 Å². The van der Waals surface area contributed by atoms with Crippen LogP contribution in [0.2, 0.25) is 0 Å². The van der Waals surface area contributed by atoms with E-state index in [0.29, 0.717) is 33.8 Å². The van der Waals surface area contributed by atoms with E-state index in [-0.39, 0.29) is 5.92 Å². The van der Waals surface area contributed by atoms with Crippen LogP contribution in [0.3, 0.4) is 0 Å². The molecule has 1 aliphatic rings. The minimum atomic E-state index is -3.72. The quantitative estimate of drug-likeness (QED) is 0.423. The van der Waals surface area contributed by atoms with Gasteiger partial charge < -0.3 is 4.90 Å². The first-order valence-corrected chi connectivity index (χ1v) is 13.0. The number of hydrogen-bond acceptors (Lipinski definition) is 4. The molecule has 162 valence electrons. The molecule has 0 aromatic heterocycles. The van der Waals surface area contributed by atoms with Crippen LogP contribution in [0.1, 0.15) is 16.7 Å². The molecule has 0 saturated heterocycles. The van der Waals surface area contributed by atoms with Crippen molar-refractivity contribution in [3.63, 3.8) is 0 Å². The highest BCUT2D eigenvalue weighted by Gasteiger charge is 2.35. The number of anilines is 1. The molecular weight excluding hydrogens is 484 g/mol. The summed E-state index contributed by atoms with van der Waals surface area (Å²) in [6.07, 6.45) is 0. The van der Waals surface area contributed by atoms with Crippen molar-refractivity contribution < 1.29 is 8.42 Å². The Hall–Kier alpha value is -2.88. The zero-order valence-corrected chi connectivity index (χ0v) is 20.1. The molecule has 3 aromatic carbocycles. The van der Waals surface area contributed by atoms with Crippen LogP contribution in [0, 0.1) is 24.2 Å². The standard InChI is InChI=1S/C26H23BrN2O2S/c1-19-7-13-23(14-8-19)29-17-22(15-27)26(21-11-9-20(16-28)10-12-21)25(18-29)32(30,31)24-5-3-2-4-6-24/h2-14,22H,15,17-18H2,1H3. The minimum Gasteiger partial charge on any atom is -0.366 e. The van der Waals surface area contributed by atoms with E-state index in [4.69, 9.17) is 0 Å². The van der Waals surface area contributed by atoms with Crippen molar-refractivity contribution >= 4 is 37.0 Å². The second kappa shape index (κ2) is 9.32. The van der Waals surface area contributed by atoms with Gasteiger partial charge in [-0.25, -0.2) is 8.42 Å². The molecule has 4 nitrogen and oxygen atoms in total. The number of aryl methyl sites for hydroxylation is 1. The van der Waals surface area contributed by atoms with Crippen molar-refractivity contribution in [1.82, 2.24) is 0 Å². The second-order valence-corrected chi connectivity index (χ2v) is 10.5. The Labute approximate surface area is 197 Å². The van der Waals surface area contributed by atoms with Gasteiger partial charge in [0.15, 0.2) is 0 Å². The van der Waals surface area contributed by atoms with Crippen LogP contribution in [0.25, 0.3) is 5.57 Å². The fourth-order valence-electron chi connectivity index (χ4n) is 4.08. The highest BCUT2D eigenvalue weighted by atomic mass is 79.9. The molecule has 4 rings (SSSR count). The topological polar surface area (TPSA) is 61.2 Å². The molecule has 1 unspecified atom stereocenters. The average molecular weight is 507 g/mol. The number of rotatable bonds is 5. The smallest absolute Gasteiger partial charge is 0.204 e. The van der Waals surface area contributed by atoms with Crippen molar-refractivity contribution in [2.75, 3.05) is 23.3 Å². The summed E-state index contributed by atoms with van der Waals surface area (Å²) in [6.45, 7) is 3.02. The number of nitriles is 1. The third kappa shape index (κ3) is 4.36. The van der Waals surface area contributed by atoms with Crippen LogP contribution >= 0.6 is 15.9 Å². The van der Waals surface area contributed by atoms with Crippen LogP contribution in [0.15, 0.2) is 88.7 Å². The largest absolute Gasteiger partial charge is 0.366 e. The third-order valence-electron chi connectivity index (χ3n) is 5.77. The molecule has 3 aromatic rings. The van der Waals surface area contributed by atoms with Gasteiger partial charge >= 0.3 is 0 Å². The van der Waals surface area contributed by atoms with Gasteiger partial charge in [0.1, 0.15) is 0 Å². The zero-order valence-electron chi connectivity index (χ0n) is 17.7. The van der Waals surface area contributed by atoms with E-state index in [1.165, 1.54) is 0 Å². The van der Waals surface area contributed by atoms with Gasteiger partial charge in [-0.15, -0.1) is 0 Å². The number of halogens is 1. The summed E-state index contributed by atoms with van der Waals surface area (Å²) >= 11 is 3.63. The van der Waals surface area contributed by atoms with Gasteiger partial charge in [-0.2, -0.15) is 5.26 Å². The summed E-state index contributed by atoms with van der Waals surface area (Å²) in [5.41, 5.74) is 4.37. The first-order valence-electron chi connectivity index (χ1n) is 10.4. The van der Waals surface area contributed by atoms with Crippen LogP contribution < -0.4 is 4.90 Å². The van der Waals surface area contributed by atoms with Crippen molar-refractivity contribution in [1.29, 1.82) is 5.26 Å². The maximum Gasteiger partial charge on any atom is 0.204 e. The Morgan fingerprint density at radius 1 is 1.00 bits per heavy atom.